The maximum absolute atomic E-state index is 12.4. The molecule has 2 heterocycles. The highest BCUT2D eigenvalue weighted by Crippen LogP contribution is 2.29. The summed E-state index contributed by atoms with van der Waals surface area (Å²) in [6, 6.07) is 8.48. The fourth-order valence-electron chi connectivity index (χ4n) is 3.48. The lowest BCUT2D eigenvalue weighted by molar-refractivity contribution is -0.123. The Kier molecular flexibility index (Phi) is 5.48. The molecule has 3 rings (SSSR count). The molecular formula is C19H26N4O2. The van der Waals surface area contributed by atoms with Crippen LogP contribution in [0.25, 0.3) is 0 Å². The van der Waals surface area contributed by atoms with Crippen molar-refractivity contribution in [1.82, 2.24) is 20.4 Å². The molecule has 1 fully saturated rings. The molecule has 25 heavy (non-hydrogen) atoms. The molecule has 1 aromatic carbocycles. The summed E-state index contributed by atoms with van der Waals surface area (Å²) in [5, 5.41) is 7.14. The molecule has 2 aromatic rings. The molecule has 0 radical (unpaired) electrons. The number of hydrogen-bond donors (Lipinski definition) is 1. The van der Waals surface area contributed by atoms with Gasteiger partial charge in [0.2, 0.25) is 11.8 Å². The summed E-state index contributed by atoms with van der Waals surface area (Å²) in [4.78, 5) is 18.9. The van der Waals surface area contributed by atoms with Gasteiger partial charge in [-0.1, -0.05) is 29.4 Å². The molecule has 0 aliphatic carbocycles. The zero-order chi connectivity index (χ0) is 17.8. The number of amides is 1. The molecule has 0 saturated carbocycles. The summed E-state index contributed by atoms with van der Waals surface area (Å²) in [7, 11) is 0. The molecule has 1 aliphatic rings. The van der Waals surface area contributed by atoms with Gasteiger partial charge in [-0.15, -0.1) is 0 Å². The van der Waals surface area contributed by atoms with Gasteiger partial charge in [-0.3, -0.25) is 9.69 Å². The van der Waals surface area contributed by atoms with Crippen molar-refractivity contribution < 1.29 is 9.32 Å². The highest BCUT2D eigenvalue weighted by molar-refractivity contribution is 5.78. The van der Waals surface area contributed by atoms with Crippen molar-refractivity contribution in [3.63, 3.8) is 0 Å². The molecule has 0 spiro atoms. The van der Waals surface area contributed by atoms with Crippen LogP contribution in [0.3, 0.4) is 0 Å². The number of carbonyl (C=O) groups is 1. The SMILES string of the molecule is Cc1nc([C@@H]2CCCN2CC(=O)N[C@H](C)Cc2ccccc2C)no1. The van der Waals surface area contributed by atoms with Crippen molar-refractivity contribution >= 4 is 5.91 Å². The monoisotopic (exact) mass is 342 g/mol. The zero-order valence-corrected chi connectivity index (χ0v) is 15.2. The number of aromatic nitrogens is 2. The molecule has 1 aromatic heterocycles. The summed E-state index contributed by atoms with van der Waals surface area (Å²) >= 11 is 0. The highest BCUT2D eigenvalue weighted by atomic mass is 16.5. The van der Waals surface area contributed by atoms with E-state index in [1.54, 1.807) is 6.92 Å². The molecule has 1 saturated heterocycles. The van der Waals surface area contributed by atoms with E-state index in [2.05, 4.69) is 39.4 Å². The van der Waals surface area contributed by atoms with Gasteiger partial charge < -0.3 is 9.84 Å². The predicted octanol–water partition coefficient (Wildman–Crippen LogP) is 2.57. The van der Waals surface area contributed by atoms with Crippen LogP contribution in [0, 0.1) is 13.8 Å². The van der Waals surface area contributed by atoms with Gasteiger partial charge in [0, 0.05) is 13.0 Å². The van der Waals surface area contributed by atoms with Crippen LogP contribution in [0.5, 0.6) is 0 Å². The van der Waals surface area contributed by atoms with Crippen LogP contribution in [0.4, 0.5) is 0 Å². The van der Waals surface area contributed by atoms with E-state index >= 15 is 0 Å². The minimum absolute atomic E-state index is 0.0493. The Bertz CT molecular complexity index is 728. The largest absolute Gasteiger partial charge is 0.352 e. The number of likely N-dealkylation sites (tertiary alicyclic amines) is 1. The normalized spacial score (nSPS) is 19.1. The van der Waals surface area contributed by atoms with Crippen LogP contribution in [0.15, 0.2) is 28.8 Å². The van der Waals surface area contributed by atoms with Crippen LogP contribution in [0.2, 0.25) is 0 Å². The van der Waals surface area contributed by atoms with Crippen molar-refractivity contribution in [2.75, 3.05) is 13.1 Å². The molecule has 1 amide bonds. The third kappa shape index (κ3) is 4.45. The Balaban J connectivity index is 1.54. The first-order chi connectivity index (χ1) is 12.0. The van der Waals surface area contributed by atoms with E-state index < -0.39 is 0 Å². The van der Waals surface area contributed by atoms with E-state index in [0.29, 0.717) is 18.3 Å². The van der Waals surface area contributed by atoms with Crippen molar-refractivity contribution in [1.29, 1.82) is 0 Å². The number of aryl methyl sites for hydroxylation is 2. The minimum atomic E-state index is 0.0493. The fraction of sp³-hybridized carbons (Fsp3) is 0.526. The van der Waals surface area contributed by atoms with Crippen LogP contribution in [-0.4, -0.2) is 40.1 Å². The summed E-state index contributed by atoms with van der Waals surface area (Å²) in [5.41, 5.74) is 2.53. The van der Waals surface area contributed by atoms with Gasteiger partial charge in [-0.25, -0.2) is 0 Å². The van der Waals surface area contributed by atoms with Gasteiger partial charge >= 0.3 is 0 Å². The van der Waals surface area contributed by atoms with Crippen molar-refractivity contribution in [3.05, 3.63) is 47.1 Å². The number of nitrogens with one attached hydrogen (secondary N) is 1. The fourth-order valence-corrected chi connectivity index (χ4v) is 3.48. The maximum Gasteiger partial charge on any atom is 0.234 e. The average molecular weight is 342 g/mol. The third-order valence-corrected chi connectivity index (χ3v) is 4.75. The first-order valence-corrected chi connectivity index (χ1v) is 8.91. The average Bonchev–Trinajstić information content (AvgIpc) is 3.18. The van der Waals surface area contributed by atoms with Gasteiger partial charge in [-0.05, 0) is 50.8 Å². The summed E-state index contributed by atoms with van der Waals surface area (Å²) in [6.07, 6.45) is 2.85. The number of nitrogens with zero attached hydrogens (tertiary/aromatic N) is 3. The lowest BCUT2D eigenvalue weighted by Gasteiger charge is -2.22. The first kappa shape index (κ1) is 17.6. The number of rotatable bonds is 6. The molecule has 0 unspecified atom stereocenters. The molecule has 6 heteroatoms. The Hall–Kier alpha value is -2.21. The number of hydrogen-bond acceptors (Lipinski definition) is 5. The van der Waals surface area contributed by atoms with Gasteiger partial charge in [0.15, 0.2) is 5.82 Å². The first-order valence-electron chi connectivity index (χ1n) is 8.91. The number of carbonyl (C=O) groups excluding carboxylic acids is 1. The Morgan fingerprint density at radius 3 is 2.92 bits per heavy atom. The Morgan fingerprint density at radius 2 is 2.20 bits per heavy atom. The summed E-state index contributed by atoms with van der Waals surface area (Å²) in [6.45, 7) is 7.20. The predicted molar refractivity (Wildman–Crippen MR) is 95.1 cm³/mol. The van der Waals surface area contributed by atoms with Crippen LogP contribution in [-0.2, 0) is 11.2 Å². The summed E-state index contributed by atoms with van der Waals surface area (Å²) in [5.74, 6) is 1.31. The highest BCUT2D eigenvalue weighted by Gasteiger charge is 2.31. The molecule has 6 nitrogen and oxygen atoms in total. The van der Waals surface area contributed by atoms with Crippen LogP contribution >= 0.6 is 0 Å². The zero-order valence-electron chi connectivity index (χ0n) is 15.2. The van der Waals surface area contributed by atoms with Gasteiger partial charge in [0.05, 0.1) is 12.6 Å². The van der Waals surface area contributed by atoms with E-state index in [1.807, 2.05) is 19.1 Å². The number of benzene rings is 1. The topological polar surface area (TPSA) is 71.3 Å². The molecular weight excluding hydrogens is 316 g/mol. The van der Waals surface area contributed by atoms with E-state index in [0.717, 1.165) is 25.8 Å². The Morgan fingerprint density at radius 1 is 1.40 bits per heavy atom. The molecule has 134 valence electrons. The smallest absolute Gasteiger partial charge is 0.234 e. The lowest BCUT2D eigenvalue weighted by Crippen LogP contribution is -2.41. The van der Waals surface area contributed by atoms with Crippen LogP contribution < -0.4 is 5.32 Å². The van der Waals surface area contributed by atoms with E-state index in [9.17, 15) is 4.79 Å². The maximum atomic E-state index is 12.4. The lowest BCUT2D eigenvalue weighted by atomic mass is 10.0. The molecule has 1 aliphatic heterocycles. The van der Waals surface area contributed by atoms with E-state index in [4.69, 9.17) is 4.52 Å². The van der Waals surface area contributed by atoms with Crippen molar-refractivity contribution in [3.8, 4) is 0 Å². The Labute approximate surface area is 148 Å². The standard InChI is InChI=1S/C19H26N4O2/c1-13-7-4-5-8-16(13)11-14(2)20-18(24)12-23-10-6-9-17(23)19-21-15(3)25-22-19/h4-5,7-8,14,17H,6,9-12H2,1-3H3,(H,20,24)/t14-,17+/m1/s1. The third-order valence-electron chi connectivity index (χ3n) is 4.75. The van der Waals surface area contributed by atoms with Crippen molar-refractivity contribution in [2.24, 2.45) is 0 Å². The second-order valence-corrected chi connectivity index (χ2v) is 6.90. The summed E-state index contributed by atoms with van der Waals surface area (Å²) < 4.78 is 5.08. The molecule has 2 atom stereocenters. The second-order valence-electron chi connectivity index (χ2n) is 6.90. The quantitative estimate of drug-likeness (QED) is 0.873. The second kappa shape index (κ2) is 7.78. The van der Waals surface area contributed by atoms with Crippen molar-refractivity contribution in [2.45, 2.75) is 52.1 Å². The minimum Gasteiger partial charge on any atom is -0.352 e. The van der Waals surface area contributed by atoms with E-state index in [-0.39, 0.29) is 18.0 Å². The van der Waals surface area contributed by atoms with E-state index in [1.165, 1.54) is 11.1 Å². The molecule has 0 bridgehead atoms. The van der Waals surface area contributed by atoms with Crippen LogP contribution in [0.1, 0.15) is 48.6 Å². The van der Waals surface area contributed by atoms with Gasteiger partial charge in [0.25, 0.3) is 0 Å². The van der Waals surface area contributed by atoms with Gasteiger partial charge in [0.1, 0.15) is 0 Å². The molecule has 1 N–H and O–H groups in total. The van der Waals surface area contributed by atoms with Gasteiger partial charge in [-0.2, -0.15) is 4.98 Å².